The van der Waals surface area contributed by atoms with Gasteiger partial charge in [-0.3, -0.25) is 9.78 Å². The first kappa shape index (κ1) is 10.4. The van der Waals surface area contributed by atoms with Gasteiger partial charge in [0.2, 0.25) is 0 Å². The fraction of sp³-hybridized carbons (Fsp3) is 0.200. The van der Waals surface area contributed by atoms with Crippen LogP contribution >= 0.6 is 0 Å². The van der Waals surface area contributed by atoms with Gasteiger partial charge in [0.15, 0.2) is 0 Å². The number of aromatic nitrogens is 1. The van der Waals surface area contributed by atoms with Crippen molar-refractivity contribution in [1.82, 2.24) is 4.98 Å². The second-order valence-electron chi connectivity index (χ2n) is 2.86. The molecule has 1 heterocycles. The van der Waals surface area contributed by atoms with Crippen molar-refractivity contribution >= 4 is 12.0 Å². The summed E-state index contributed by atoms with van der Waals surface area (Å²) in [6.45, 7) is 0. The van der Waals surface area contributed by atoms with Crippen molar-refractivity contribution in [2.24, 2.45) is 5.73 Å². The van der Waals surface area contributed by atoms with Crippen molar-refractivity contribution in [3.05, 3.63) is 36.2 Å². The zero-order chi connectivity index (χ0) is 10.4. The summed E-state index contributed by atoms with van der Waals surface area (Å²) in [4.78, 5) is 14.2. The molecule has 1 rings (SSSR count). The second-order valence-corrected chi connectivity index (χ2v) is 2.86. The summed E-state index contributed by atoms with van der Waals surface area (Å²) in [5, 5.41) is 8.51. The molecule has 1 aromatic rings. The van der Waals surface area contributed by atoms with Crippen molar-refractivity contribution in [2.75, 3.05) is 0 Å². The van der Waals surface area contributed by atoms with E-state index in [-0.39, 0.29) is 0 Å². The highest BCUT2D eigenvalue weighted by Crippen LogP contribution is 2.01. The van der Waals surface area contributed by atoms with E-state index in [9.17, 15) is 4.79 Å². The highest BCUT2D eigenvalue weighted by atomic mass is 16.4. The Morgan fingerprint density at radius 2 is 2.21 bits per heavy atom. The molecule has 1 aromatic heterocycles. The Morgan fingerprint density at radius 1 is 1.57 bits per heavy atom. The zero-order valence-corrected chi connectivity index (χ0v) is 7.63. The van der Waals surface area contributed by atoms with Crippen molar-refractivity contribution in [1.29, 1.82) is 0 Å². The molecular formula is C10H12N2O2. The van der Waals surface area contributed by atoms with Crippen LogP contribution in [0.2, 0.25) is 0 Å². The van der Waals surface area contributed by atoms with Crippen LogP contribution in [-0.2, 0) is 4.79 Å². The maximum Gasteiger partial charge on any atom is 0.320 e. The number of rotatable bonds is 4. The van der Waals surface area contributed by atoms with Gasteiger partial charge in [0.25, 0.3) is 0 Å². The van der Waals surface area contributed by atoms with E-state index in [1.54, 1.807) is 18.5 Å². The predicted octanol–water partition coefficient (Wildman–Crippen LogP) is 0.897. The van der Waals surface area contributed by atoms with Gasteiger partial charge in [0, 0.05) is 12.4 Å². The molecule has 1 atom stereocenters. The smallest absolute Gasteiger partial charge is 0.320 e. The lowest BCUT2D eigenvalue weighted by Crippen LogP contribution is -2.29. The van der Waals surface area contributed by atoms with E-state index in [0.717, 1.165) is 5.56 Å². The monoisotopic (exact) mass is 192 g/mol. The predicted molar refractivity (Wildman–Crippen MR) is 53.5 cm³/mol. The van der Waals surface area contributed by atoms with Crippen LogP contribution in [0.25, 0.3) is 6.08 Å². The first-order valence-electron chi connectivity index (χ1n) is 4.25. The van der Waals surface area contributed by atoms with E-state index >= 15 is 0 Å². The van der Waals surface area contributed by atoms with Crippen molar-refractivity contribution in [3.63, 3.8) is 0 Å². The Labute approximate surface area is 82.1 Å². The van der Waals surface area contributed by atoms with Gasteiger partial charge >= 0.3 is 5.97 Å². The summed E-state index contributed by atoms with van der Waals surface area (Å²) >= 11 is 0. The molecule has 74 valence electrons. The number of hydrogen-bond donors (Lipinski definition) is 2. The van der Waals surface area contributed by atoms with Gasteiger partial charge in [-0.2, -0.15) is 0 Å². The molecule has 4 heteroatoms. The Bertz CT molecular complexity index is 322. The normalized spacial score (nSPS) is 12.9. The van der Waals surface area contributed by atoms with Gasteiger partial charge in [-0.15, -0.1) is 0 Å². The number of hydrogen-bond acceptors (Lipinski definition) is 3. The Balaban J connectivity index is 2.46. The molecule has 0 saturated heterocycles. The Morgan fingerprint density at radius 3 is 2.79 bits per heavy atom. The SMILES string of the molecule is NC(CC=Cc1ccncc1)C(=O)O. The molecule has 4 nitrogen and oxygen atoms in total. The molecule has 0 spiro atoms. The third kappa shape index (κ3) is 3.37. The molecule has 0 radical (unpaired) electrons. The lowest BCUT2D eigenvalue weighted by molar-refractivity contribution is -0.138. The molecule has 0 aliphatic heterocycles. The minimum Gasteiger partial charge on any atom is -0.480 e. The largest absolute Gasteiger partial charge is 0.480 e. The molecular weight excluding hydrogens is 180 g/mol. The topological polar surface area (TPSA) is 76.2 Å². The summed E-state index contributed by atoms with van der Waals surface area (Å²) < 4.78 is 0. The molecule has 0 bridgehead atoms. The summed E-state index contributed by atoms with van der Waals surface area (Å²) in [7, 11) is 0. The average molecular weight is 192 g/mol. The molecule has 14 heavy (non-hydrogen) atoms. The van der Waals surface area contributed by atoms with Crippen molar-refractivity contribution in [3.8, 4) is 0 Å². The molecule has 0 saturated carbocycles. The summed E-state index contributed by atoms with van der Waals surface area (Å²) in [5.41, 5.74) is 6.30. The second kappa shape index (κ2) is 5.14. The van der Waals surface area contributed by atoms with Crippen LogP contribution < -0.4 is 5.73 Å². The van der Waals surface area contributed by atoms with Gasteiger partial charge in [-0.25, -0.2) is 0 Å². The molecule has 0 fully saturated rings. The van der Waals surface area contributed by atoms with Crippen LogP contribution in [0, 0.1) is 0 Å². The van der Waals surface area contributed by atoms with Gasteiger partial charge in [0.1, 0.15) is 6.04 Å². The zero-order valence-electron chi connectivity index (χ0n) is 7.63. The Hall–Kier alpha value is -1.68. The van der Waals surface area contributed by atoms with Crippen LogP contribution in [0.1, 0.15) is 12.0 Å². The van der Waals surface area contributed by atoms with E-state index in [1.165, 1.54) is 0 Å². The Kier molecular flexibility index (Phi) is 3.82. The van der Waals surface area contributed by atoms with E-state index in [1.807, 2.05) is 18.2 Å². The fourth-order valence-electron chi connectivity index (χ4n) is 0.926. The van der Waals surface area contributed by atoms with Crippen LogP contribution in [0.15, 0.2) is 30.6 Å². The number of nitrogens with two attached hydrogens (primary N) is 1. The quantitative estimate of drug-likeness (QED) is 0.743. The van der Waals surface area contributed by atoms with Gasteiger partial charge in [0.05, 0.1) is 0 Å². The van der Waals surface area contributed by atoms with E-state index in [2.05, 4.69) is 4.98 Å². The highest BCUT2D eigenvalue weighted by Gasteiger charge is 2.07. The van der Waals surface area contributed by atoms with E-state index in [4.69, 9.17) is 10.8 Å². The molecule has 1 unspecified atom stereocenters. The number of carboxylic acids is 1. The number of nitrogens with zero attached hydrogens (tertiary/aromatic N) is 1. The standard InChI is InChI=1S/C10H12N2O2/c11-9(10(13)14)3-1-2-8-4-6-12-7-5-8/h1-2,4-7,9H,3,11H2,(H,13,14). The minimum atomic E-state index is -0.982. The van der Waals surface area contributed by atoms with Crippen LogP contribution in [-0.4, -0.2) is 22.1 Å². The van der Waals surface area contributed by atoms with Crippen LogP contribution in [0.4, 0.5) is 0 Å². The third-order valence-corrected chi connectivity index (χ3v) is 1.72. The first-order valence-corrected chi connectivity index (χ1v) is 4.25. The maximum absolute atomic E-state index is 10.4. The number of aliphatic carboxylic acids is 1. The summed E-state index contributed by atoms with van der Waals surface area (Å²) in [5.74, 6) is -0.982. The molecule has 0 aliphatic carbocycles. The molecule has 0 aliphatic rings. The fourth-order valence-corrected chi connectivity index (χ4v) is 0.926. The van der Waals surface area contributed by atoms with Gasteiger partial charge in [-0.1, -0.05) is 12.2 Å². The van der Waals surface area contributed by atoms with Gasteiger partial charge < -0.3 is 10.8 Å². The lowest BCUT2D eigenvalue weighted by Gasteiger charge is -2.00. The van der Waals surface area contributed by atoms with Crippen molar-refractivity contribution < 1.29 is 9.90 Å². The summed E-state index contributed by atoms with van der Waals surface area (Å²) in [6.07, 6.45) is 7.25. The maximum atomic E-state index is 10.4. The number of carbonyl (C=O) groups is 1. The average Bonchev–Trinajstić information content (AvgIpc) is 2.19. The summed E-state index contributed by atoms with van der Waals surface area (Å²) in [6, 6.07) is 2.85. The molecule has 3 N–H and O–H groups in total. The number of pyridine rings is 1. The first-order chi connectivity index (χ1) is 6.70. The van der Waals surface area contributed by atoms with Crippen LogP contribution in [0.5, 0.6) is 0 Å². The number of carboxylic acid groups (broad SMARTS) is 1. The van der Waals surface area contributed by atoms with Crippen molar-refractivity contribution in [2.45, 2.75) is 12.5 Å². The molecule has 0 aromatic carbocycles. The molecule has 0 amide bonds. The van der Waals surface area contributed by atoms with Gasteiger partial charge in [-0.05, 0) is 24.1 Å². The highest BCUT2D eigenvalue weighted by molar-refractivity contribution is 5.73. The van der Waals surface area contributed by atoms with Crippen LogP contribution in [0.3, 0.4) is 0 Å². The van der Waals surface area contributed by atoms with E-state index < -0.39 is 12.0 Å². The minimum absolute atomic E-state index is 0.331. The third-order valence-electron chi connectivity index (χ3n) is 1.72. The van der Waals surface area contributed by atoms with E-state index in [0.29, 0.717) is 6.42 Å². The lowest BCUT2D eigenvalue weighted by atomic mass is 10.2.